The molecule has 2 aliphatic rings. The molecule has 45 heavy (non-hydrogen) atoms. The van der Waals surface area contributed by atoms with Gasteiger partial charge in [0, 0.05) is 71.8 Å². The number of carbonyl (C=O) groups is 4. The van der Waals surface area contributed by atoms with Gasteiger partial charge in [-0.15, -0.1) is 34.0 Å². The van der Waals surface area contributed by atoms with E-state index >= 15 is 0 Å². The van der Waals surface area contributed by atoms with E-state index in [-0.39, 0.29) is 23.6 Å². The van der Waals surface area contributed by atoms with Crippen LogP contribution in [0.5, 0.6) is 0 Å². The van der Waals surface area contributed by atoms with Crippen LogP contribution in [0.1, 0.15) is 51.9 Å². The highest BCUT2D eigenvalue weighted by Gasteiger charge is 2.36. The van der Waals surface area contributed by atoms with E-state index in [1.165, 1.54) is 47.6 Å². The molecular weight excluding hydrogens is 621 g/mol. The molecule has 6 nitrogen and oxygen atoms in total. The third kappa shape index (κ3) is 2.90. The fraction of sp³-hybridized carbons (Fsp3) is 0.111. The monoisotopic (exact) mass is 640 g/mol. The number of nitrogens with zero attached hydrogens (tertiary/aromatic N) is 2. The first kappa shape index (κ1) is 25.6. The van der Waals surface area contributed by atoms with Crippen LogP contribution in [0, 0.1) is 13.8 Å². The highest BCUT2D eigenvalue weighted by molar-refractivity contribution is 7.39. The van der Waals surface area contributed by atoms with Crippen LogP contribution in [0.3, 0.4) is 0 Å². The topological polar surface area (TPSA) is 74.8 Å². The smallest absolute Gasteiger partial charge is 0.261 e. The van der Waals surface area contributed by atoms with Crippen molar-refractivity contribution in [1.29, 1.82) is 0 Å². The molecule has 4 amide bonds. The summed E-state index contributed by atoms with van der Waals surface area (Å²) in [5, 5.41) is 6.73. The van der Waals surface area contributed by atoms with E-state index in [1.807, 2.05) is 43.3 Å². The number of rotatable bonds is 1. The molecule has 0 fully saturated rings. The van der Waals surface area contributed by atoms with Crippen molar-refractivity contribution < 1.29 is 19.2 Å². The van der Waals surface area contributed by atoms with Gasteiger partial charge in [0.15, 0.2) is 0 Å². The second-order valence-corrected chi connectivity index (χ2v) is 15.5. The van der Waals surface area contributed by atoms with E-state index in [1.54, 1.807) is 34.0 Å². The molecule has 216 valence electrons. The van der Waals surface area contributed by atoms with Crippen LogP contribution in [-0.2, 0) is 0 Å². The summed E-state index contributed by atoms with van der Waals surface area (Å²) in [5.41, 5.74) is 3.84. The molecule has 0 saturated carbocycles. The van der Waals surface area contributed by atoms with E-state index in [0.29, 0.717) is 33.0 Å². The van der Waals surface area contributed by atoms with E-state index < -0.39 is 0 Å². The molecular formula is C36H20N2O4S3. The molecule has 3 aromatic heterocycles. The van der Waals surface area contributed by atoms with Crippen LogP contribution in [0.2, 0.25) is 0 Å². The third-order valence-corrected chi connectivity index (χ3v) is 13.4. The Hall–Kier alpha value is -4.70. The number of imide groups is 2. The molecule has 0 N–H and O–H groups in total. The van der Waals surface area contributed by atoms with Crippen molar-refractivity contribution in [1.82, 2.24) is 9.80 Å². The summed E-state index contributed by atoms with van der Waals surface area (Å²) in [6.45, 7) is 4.11. The molecule has 2 aliphatic heterocycles. The number of amides is 4. The minimum Gasteiger partial charge on any atom is -0.277 e. The molecule has 0 saturated heterocycles. The molecule has 5 aromatic carbocycles. The van der Waals surface area contributed by atoms with E-state index in [4.69, 9.17) is 0 Å². The lowest BCUT2D eigenvalue weighted by molar-refractivity contribution is 0.0635. The average molecular weight is 641 g/mol. The minimum atomic E-state index is -0.322. The predicted octanol–water partition coefficient (Wildman–Crippen LogP) is 8.96. The lowest BCUT2D eigenvalue weighted by Crippen LogP contribution is -2.37. The van der Waals surface area contributed by atoms with E-state index in [9.17, 15) is 19.2 Å². The summed E-state index contributed by atoms with van der Waals surface area (Å²) in [4.78, 5) is 58.8. The molecule has 10 rings (SSSR count). The van der Waals surface area contributed by atoms with Crippen molar-refractivity contribution in [2.45, 2.75) is 13.8 Å². The second kappa shape index (κ2) is 8.11. The molecule has 9 heteroatoms. The number of benzene rings is 5. The standard InChI is InChI=1S/C36H20N2O4S3/c1-13-9-20-27-17(33(39)37(3)35(20)41)8-6-16-26-19(22-12-24-32(45-22)31-23(44-24)10-14(2)43-31)11-21-28-18(34(40)38(4)36(21)42)7-5-15(30(26)28)25(13)29(16)27/h5-12H,1-4H3. The van der Waals surface area contributed by atoms with E-state index in [0.717, 1.165) is 48.3 Å². The van der Waals surface area contributed by atoms with Crippen molar-refractivity contribution in [3.05, 3.63) is 81.2 Å². The number of carbonyl (C=O) groups excluding carboxylic acids is 4. The van der Waals surface area contributed by atoms with Gasteiger partial charge in [-0.2, -0.15) is 0 Å². The summed E-state index contributed by atoms with van der Waals surface area (Å²) in [7, 11) is 3.06. The molecule has 0 unspecified atom stereocenters. The Morgan fingerprint density at radius 2 is 1.02 bits per heavy atom. The summed E-state index contributed by atoms with van der Waals surface area (Å²) in [5.74, 6) is -1.28. The van der Waals surface area contributed by atoms with E-state index in [2.05, 4.69) is 19.1 Å². The van der Waals surface area contributed by atoms with Crippen molar-refractivity contribution in [2.75, 3.05) is 14.1 Å². The van der Waals surface area contributed by atoms with Gasteiger partial charge in [-0.05, 0) is 88.1 Å². The number of aryl methyl sites for hydroxylation is 2. The first-order valence-electron chi connectivity index (χ1n) is 14.5. The molecule has 0 spiro atoms. The molecule has 0 aliphatic carbocycles. The van der Waals surface area contributed by atoms with Crippen molar-refractivity contribution in [3.8, 4) is 10.4 Å². The summed E-state index contributed by atoms with van der Waals surface area (Å²) >= 11 is 5.30. The molecule has 0 bridgehead atoms. The van der Waals surface area contributed by atoms with Crippen LogP contribution in [0.15, 0.2) is 48.5 Å². The maximum atomic E-state index is 13.8. The SMILES string of the molecule is Cc1cc2sc3cc(-c4cc5c6c(ccc7c8c(C)cc9c%10c(ccc(c4c67)c%108)C(=O)N(C)C9=O)C(=O)N(C)C5=O)sc3c2s1. The zero-order chi connectivity index (χ0) is 30.8. The van der Waals surface area contributed by atoms with Crippen LogP contribution < -0.4 is 0 Å². The Balaban J connectivity index is 1.47. The normalized spacial score (nSPS) is 15.2. The lowest BCUT2D eigenvalue weighted by Gasteiger charge is -2.29. The Labute approximate surface area is 267 Å². The first-order chi connectivity index (χ1) is 21.6. The summed E-state index contributed by atoms with van der Waals surface area (Å²) in [6, 6.07) is 15.9. The van der Waals surface area contributed by atoms with Gasteiger partial charge < -0.3 is 0 Å². The first-order valence-corrected chi connectivity index (χ1v) is 16.9. The average Bonchev–Trinajstić information content (AvgIpc) is 3.69. The summed E-state index contributed by atoms with van der Waals surface area (Å²) in [6.07, 6.45) is 0. The van der Waals surface area contributed by atoms with Crippen LogP contribution in [0.4, 0.5) is 0 Å². The highest BCUT2D eigenvalue weighted by Crippen LogP contribution is 2.53. The Morgan fingerprint density at radius 3 is 1.69 bits per heavy atom. The van der Waals surface area contributed by atoms with Gasteiger partial charge in [0.05, 0.1) is 9.40 Å². The molecule has 0 radical (unpaired) electrons. The van der Waals surface area contributed by atoms with Crippen LogP contribution in [-0.4, -0.2) is 47.5 Å². The second-order valence-electron chi connectivity index (χ2n) is 12.1. The Kier molecular flexibility index (Phi) is 4.62. The van der Waals surface area contributed by atoms with Gasteiger partial charge in [0.1, 0.15) is 0 Å². The maximum Gasteiger partial charge on any atom is 0.261 e. The number of hydrogen-bond acceptors (Lipinski definition) is 7. The van der Waals surface area contributed by atoms with Gasteiger partial charge >= 0.3 is 0 Å². The minimum absolute atomic E-state index is 0.316. The Bertz CT molecular complexity index is 2800. The van der Waals surface area contributed by atoms with Crippen molar-refractivity contribution in [3.63, 3.8) is 0 Å². The number of fused-ring (bicyclic) bond motifs is 5. The number of hydrogen-bond donors (Lipinski definition) is 0. The van der Waals surface area contributed by atoms with Gasteiger partial charge in [0.25, 0.3) is 23.6 Å². The van der Waals surface area contributed by atoms with Crippen LogP contribution in [0.25, 0.3) is 72.3 Å². The lowest BCUT2D eigenvalue weighted by atomic mass is 9.79. The van der Waals surface area contributed by atoms with Gasteiger partial charge in [0.2, 0.25) is 0 Å². The maximum absolute atomic E-state index is 13.8. The third-order valence-electron chi connectivity index (χ3n) is 9.65. The summed E-state index contributed by atoms with van der Waals surface area (Å²) < 4.78 is 5.00. The van der Waals surface area contributed by atoms with Gasteiger partial charge in [-0.25, -0.2) is 0 Å². The molecule has 8 aromatic rings. The van der Waals surface area contributed by atoms with Crippen LogP contribution >= 0.6 is 34.0 Å². The fourth-order valence-corrected chi connectivity index (χ4v) is 11.6. The Morgan fingerprint density at radius 1 is 0.489 bits per heavy atom. The van der Waals surface area contributed by atoms with Crippen molar-refractivity contribution in [2.24, 2.45) is 0 Å². The largest absolute Gasteiger partial charge is 0.277 e. The van der Waals surface area contributed by atoms with Crippen molar-refractivity contribution >= 4 is 120 Å². The molecule has 5 heterocycles. The van der Waals surface area contributed by atoms with Gasteiger partial charge in [-0.1, -0.05) is 12.1 Å². The quantitative estimate of drug-likeness (QED) is 0.102. The predicted molar refractivity (Wildman–Crippen MR) is 184 cm³/mol. The zero-order valence-electron chi connectivity index (χ0n) is 24.4. The highest BCUT2D eigenvalue weighted by atomic mass is 32.1. The fourth-order valence-electron chi connectivity index (χ4n) is 7.69. The molecule has 0 atom stereocenters. The number of thiophene rings is 3. The zero-order valence-corrected chi connectivity index (χ0v) is 26.8. The van der Waals surface area contributed by atoms with Gasteiger partial charge in [-0.3, -0.25) is 29.0 Å².